The third-order valence-corrected chi connectivity index (χ3v) is 7.35. The van der Waals surface area contributed by atoms with Crippen LogP contribution in [0.15, 0.2) is 0 Å². The number of carbonyl (C=O) groups is 1. The van der Waals surface area contributed by atoms with Crippen LogP contribution in [0.1, 0.15) is 34.6 Å². The summed E-state index contributed by atoms with van der Waals surface area (Å²) in [5, 5.41) is 0.197. The topological polar surface area (TPSA) is 35.5 Å². The van der Waals surface area contributed by atoms with Gasteiger partial charge in [0.15, 0.2) is 8.32 Å². The van der Waals surface area contributed by atoms with Crippen LogP contribution in [0.5, 0.6) is 0 Å². The normalized spacial score (nSPS) is 14.9. The maximum absolute atomic E-state index is 10.7. The molecule has 1 unspecified atom stereocenters. The van der Waals surface area contributed by atoms with Crippen molar-refractivity contribution in [2.24, 2.45) is 0 Å². The predicted octanol–water partition coefficient (Wildman–Crippen LogP) is 2.96. The second kappa shape index (κ2) is 5.12. The molecule has 90 valence electrons. The van der Waals surface area contributed by atoms with Crippen molar-refractivity contribution in [1.29, 1.82) is 0 Å². The SMILES string of the molecule is CC(=O)OC(C)CO[Si](C)(C)C(C)(C)C. The summed E-state index contributed by atoms with van der Waals surface area (Å²) in [6.07, 6.45) is -0.156. The van der Waals surface area contributed by atoms with E-state index in [0.717, 1.165) is 0 Å². The highest BCUT2D eigenvalue weighted by Crippen LogP contribution is 2.36. The van der Waals surface area contributed by atoms with Gasteiger partial charge in [-0.25, -0.2) is 0 Å². The molecule has 0 saturated heterocycles. The highest BCUT2D eigenvalue weighted by Gasteiger charge is 2.37. The van der Waals surface area contributed by atoms with E-state index in [-0.39, 0.29) is 17.1 Å². The monoisotopic (exact) mass is 232 g/mol. The van der Waals surface area contributed by atoms with Crippen molar-refractivity contribution in [2.45, 2.75) is 58.9 Å². The fourth-order valence-corrected chi connectivity index (χ4v) is 1.94. The van der Waals surface area contributed by atoms with Gasteiger partial charge in [-0.1, -0.05) is 20.8 Å². The second-order valence-corrected chi connectivity index (χ2v) is 10.3. The standard InChI is InChI=1S/C11H24O3Si/c1-9(14-10(2)12)8-13-15(6,7)11(3,4)5/h9H,8H2,1-7H3. The summed E-state index contributed by atoms with van der Waals surface area (Å²) in [6.45, 7) is 14.7. The minimum absolute atomic E-state index is 0.156. The van der Waals surface area contributed by atoms with Gasteiger partial charge in [0.05, 0.1) is 6.61 Å². The molecule has 0 N–H and O–H groups in total. The van der Waals surface area contributed by atoms with E-state index in [4.69, 9.17) is 9.16 Å². The number of carbonyl (C=O) groups excluding carboxylic acids is 1. The Kier molecular flexibility index (Phi) is 5.00. The van der Waals surface area contributed by atoms with Crippen LogP contribution in [-0.2, 0) is 14.0 Å². The summed E-state index contributed by atoms with van der Waals surface area (Å²) in [6, 6.07) is 0. The predicted molar refractivity (Wildman–Crippen MR) is 64.4 cm³/mol. The Morgan fingerprint density at radius 2 is 1.80 bits per heavy atom. The molecule has 15 heavy (non-hydrogen) atoms. The summed E-state index contributed by atoms with van der Waals surface area (Å²) < 4.78 is 10.9. The van der Waals surface area contributed by atoms with Crippen LogP contribution in [-0.4, -0.2) is 27.0 Å². The van der Waals surface area contributed by atoms with Crippen LogP contribution in [0.3, 0.4) is 0 Å². The van der Waals surface area contributed by atoms with Crippen LogP contribution < -0.4 is 0 Å². The first-order valence-corrected chi connectivity index (χ1v) is 8.28. The fraction of sp³-hybridized carbons (Fsp3) is 0.909. The van der Waals surface area contributed by atoms with Gasteiger partial charge in [-0.15, -0.1) is 0 Å². The molecule has 0 aromatic heterocycles. The molecule has 0 aromatic rings. The zero-order valence-corrected chi connectivity index (χ0v) is 12.0. The molecular weight excluding hydrogens is 208 g/mol. The number of ether oxygens (including phenoxy) is 1. The van der Waals surface area contributed by atoms with Crippen molar-refractivity contribution in [3.8, 4) is 0 Å². The van der Waals surface area contributed by atoms with Crippen molar-refractivity contribution >= 4 is 14.3 Å². The van der Waals surface area contributed by atoms with Crippen molar-refractivity contribution in [3.63, 3.8) is 0 Å². The van der Waals surface area contributed by atoms with Crippen LogP contribution >= 0.6 is 0 Å². The molecule has 4 heteroatoms. The first-order chi connectivity index (χ1) is 6.56. The van der Waals surface area contributed by atoms with Gasteiger partial charge in [-0.2, -0.15) is 0 Å². The lowest BCUT2D eigenvalue weighted by molar-refractivity contribution is -0.146. The summed E-state index contributed by atoms with van der Waals surface area (Å²) in [4.78, 5) is 10.7. The van der Waals surface area contributed by atoms with Crippen molar-refractivity contribution in [3.05, 3.63) is 0 Å². The van der Waals surface area contributed by atoms with E-state index in [2.05, 4.69) is 33.9 Å². The van der Waals surface area contributed by atoms with Crippen LogP contribution in [0.25, 0.3) is 0 Å². The van der Waals surface area contributed by atoms with Gasteiger partial charge in [0.1, 0.15) is 6.10 Å². The Balaban J connectivity index is 4.10. The average Bonchev–Trinajstić information content (AvgIpc) is 1.97. The number of rotatable bonds is 4. The molecular formula is C11H24O3Si. The summed E-state index contributed by atoms with van der Waals surface area (Å²) >= 11 is 0. The first-order valence-electron chi connectivity index (χ1n) is 5.37. The average molecular weight is 232 g/mol. The van der Waals surface area contributed by atoms with Crippen molar-refractivity contribution in [1.82, 2.24) is 0 Å². The van der Waals surface area contributed by atoms with E-state index < -0.39 is 8.32 Å². The van der Waals surface area contributed by atoms with Gasteiger partial charge in [0.2, 0.25) is 0 Å². The Hall–Kier alpha value is -0.353. The van der Waals surface area contributed by atoms with E-state index in [0.29, 0.717) is 6.61 Å². The number of hydrogen-bond donors (Lipinski definition) is 0. The smallest absolute Gasteiger partial charge is 0.302 e. The third-order valence-electron chi connectivity index (χ3n) is 2.85. The quantitative estimate of drug-likeness (QED) is 0.552. The van der Waals surface area contributed by atoms with Crippen LogP contribution in [0, 0.1) is 0 Å². The molecule has 3 nitrogen and oxygen atoms in total. The maximum Gasteiger partial charge on any atom is 0.302 e. The Morgan fingerprint density at radius 3 is 2.13 bits per heavy atom. The molecule has 0 fully saturated rings. The Bertz CT molecular complexity index is 218. The first kappa shape index (κ1) is 14.6. The highest BCUT2D eigenvalue weighted by atomic mass is 28.4. The molecule has 1 atom stereocenters. The molecule has 0 saturated carbocycles. The molecule has 0 bridgehead atoms. The molecule has 0 aliphatic carbocycles. The molecule has 0 aromatic carbocycles. The molecule has 0 aliphatic rings. The summed E-state index contributed by atoms with van der Waals surface area (Å²) in [7, 11) is -1.71. The molecule has 0 aliphatic heterocycles. The lowest BCUT2D eigenvalue weighted by Gasteiger charge is -2.36. The van der Waals surface area contributed by atoms with Gasteiger partial charge in [0.25, 0.3) is 0 Å². The lowest BCUT2D eigenvalue weighted by atomic mass is 10.2. The van der Waals surface area contributed by atoms with Crippen LogP contribution in [0.4, 0.5) is 0 Å². The molecule has 0 rings (SSSR count). The molecule has 0 amide bonds. The van der Waals surface area contributed by atoms with E-state index in [1.54, 1.807) is 0 Å². The van der Waals surface area contributed by atoms with E-state index >= 15 is 0 Å². The zero-order chi connectivity index (χ0) is 12.3. The van der Waals surface area contributed by atoms with Gasteiger partial charge >= 0.3 is 5.97 Å². The van der Waals surface area contributed by atoms with Gasteiger partial charge < -0.3 is 9.16 Å². The highest BCUT2D eigenvalue weighted by molar-refractivity contribution is 6.74. The maximum atomic E-state index is 10.7. The van der Waals surface area contributed by atoms with E-state index in [1.807, 2.05) is 6.92 Å². The van der Waals surface area contributed by atoms with Crippen LogP contribution in [0.2, 0.25) is 18.1 Å². The van der Waals surface area contributed by atoms with E-state index in [9.17, 15) is 4.79 Å². The van der Waals surface area contributed by atoms with Gasteiger partial charge in [-0.3, -0.25) is 4.79 Å². The second-order valence-electron chi connectivity index (χ2n) is 5.49. The minimum atomic E-state index is -1.71. The molecule has 0 radical (unpaired) electrons. The Morgan fingerprint density at radius 1 is 1.33 bits per heavy atom. The minimum Gasteiger partial charge on any atom is -0.460 e. The largest absolute Gasteiger partial charge is 0.460 e. The number of hydrogen-bond acceptors (Lipinski definition) is 3. The third kappa shape index (κ3) is 5.32. The van der Waals surface area contributed by atoms with Crippen molar-refractivity contribution in [2.75, 3.05) is 6.61 Å². The van der Waals surface area contributed by atoms with Gasteiger partial charge in [0, 0.05) is 6.92 Å². The summed E-state index contributed by atoms with van der Waals surface area (Å²) in [5.41, 5.74) is 0. The van der Waals surface area contributed by atoms with Gasteiger partial charge in [-0.05, 0) is 25.1 Å². The van der Waals surface area contributed by atoms with Crippen molar-refractivity contribution < 1.29 is 14.0 Å². The molecule has 0 spiro atoms. The molecule has 0 heterocycles. The lowest BCUT2D eigenvalue weighted by Crippen LogP contribution is -2.42. The summed E-state index contributed by atoms with van der Waals surface area (Å²) in [5.74, 6) is -0.249. The number of esters is 1. The zero-order valence-electron chi connectivity index (χ0n) is 11.0. The van der Waals surface area contributed by atoms with E-state index in [1.165, 1.54) is 6.92 Å². The fourth-order valence-electron chi connectivity index (χ4n) is 0.860. The Labute approximate surface area is 94.3 Å².